The van der Waals surface area contributed by atoms with Crippen LogP contribution in [0.25, 0.3) is 6.08 Å². The highest BCUT2D eigenvalue weighted by molar-refractivity contribution is 5.95. The van der Waals surface area contributed by atoms with Gasteiger partial charge in [0, 0.05) is 13.3 Å². The molecule has 6 nitrogen and oxygen atoms in total. The molecule has 198 valence electrons. The molecule has 0 atom stereocenters. The quantitative estimate of drug-likeness (QED) is 0.193. The van der Waals surface area contributed by atoms with Crippen LogP contribution in [0.5, 0.6) is 17.2 Å². The molecule has 1 aliphatic heterocycles. The molecule has 1 saturated heterocycles. The van der Waals surface area contributed by atoms with Crippen molar-refractivity contribution in [2.24, 2.45) is 0 Å². The number of benzene rings is 3. The van der Waals surface area contributed by atoms with E-state index in [1.165, 1.54) is 32.4 Å². The van der Waals surface area contributed by atoms with Crippen molar-refractivity contribution in [3.63, 3.8) is 0 Å². The fraction of sp³-hybridized carbons (Fsp3) is 0.312. The van der Waals surface area contributed by atoms with E-state index >= 15 is 0 Å². The lowest BCUT2D eigenvalue weighted by molar-refractivity contribution is -0.132. The Hall–Kier alpha value is -3.90. The first-order valence-corrected chi connectivity index (χ1v) is 13.0. The van der Waals surface area contributed by atoms with Crippen LogP contribution in [0.15, 0.2) is 72.8 Å². The molecule has 0 spiro atoms. The van der Waals surface area contributed by atoms with Crippen molar-refractivity contribution in [2.75, 3.05) is 27.2 Å². The van der Waals surface area contributed by atoms with Crippen LogP contribution in [0.2, 0.25) is 0 Å². The van der Waals surface area contributed by atoms with Crippen LogP contribution in [-0.4, -0.2) is 43.9 Å². The molecule has 1 heterocycles. The Morgan fingerprint density at radius 3 is 2.34 bits per heavy atom. The standard InChI is InChI=1S/C32H35NO5/c1-23(34)38-32-20-24(9-15-31(32)36-3)8-12-29(35)21-27-6-4-5-7-28(27)22-37-30-13-10-25(11-14-30)26-16-18-33(2)19-17-26/h4-15,20,26H,16-19,21-22H2,1-3H3/b12-8+. The van der Waals surface area contributed by atoms with Gasteiger partial charge in [-0.05, 0) is 91.5 Å². The van der Waals surface area contributed by atoms with Gasteiger partial charge in [0.2, 0.25) is 0 Å². The summed E-state index contributed by atoms with van der Waals surface area (Å²) in [6, 6.07) is 21.5. The number of esters is 1. The summed E-state index contributed by atoms with van der Waals surface area (Å²) in [6.45, 7) is 4.01. The van der Waals surface area contributed by atoms with E-state index in [0.29, 0.717) is 24.0 Å². The minimum Gasteiger partial charge on any atom is -0.493 e. The van der Waals surface area contributed by atoms with Gasteiger partial charge in [0.05, 0.1) is 7.11 Å². The van der Waals surface area contributed by atoms with E-state index in [4.69, 9.17) is 14.2 Å². The van der Waals surface area contributed by atoms with E-state index in [0.717, 1.165) is 35.5 Å². The molecule has 1 aliphatic rings. The molecule has 0 aromatic heterocycles. The van der Waals surface area contributed by atoms with Gasteiger partial charge in [-0.25, -0.2) is 0 Å². The summed E-state index contributed by atoms with van der Waals surface area (Å²) in [5.74, 6) is 1.74. The number of nitrogens with zero attached hydrogens (tertiary/aromatic N) is 1. The smallest absolute Gasteiger partial charge is 0.308 e. The minimum atomic E-state index is -0.437. The number of carbonyl (C=O) groups excluding carboxylic acids is 2. The van der Waals surface area contributed by atoms with Gasteiger partial charge < -0.3 is 19.1 Å². The predicted octanol–water partition coefficient (Wildman–Crippen LogP) is 5.83. The van der Waals surface area contributed by atoms with Gasteiger partial charge in [-0.2, -0.15) is 0 Å². The molecule has 0 amide bonds. The highest BCUT2D eigenvalue weighted by atomic mass is 16.6. The number of methoxy groups -OCH3 is 1. The number of hydrogen-bond donors (Lipinski definition) is 0. The highest BCUT2D eigenvalue weighted by Gasteiger charge is 2.18. The van der Waals surface area contributed by atoms with Crippen molar-refractivity contribution >= 4 is 17.8 Å². The van der Waals surface area contributed by atoms with Crippen molar-refractivity contribution in [1.82, 2.24) is 4.90 Å². The lowest BCUT2D eigenvalue weighted by atomic mass is 9.90. The lowest BCUT2D eigenvalue weighted by Gasteiger charge is -2.29. The van der Waals surface area contributed by atoms with Gasteiger partial charge in [-0.1, -0.05) is 48.5 Å². The Balaban J connectivity index is 1.35. The molecule has 4 rings (SSSR count). The number of ether oxygens (including phenoxy) is 3. The van der Waals surface area contributed by atoms with Crippen molar-refractivity contribution in [2.45, 2.75) is 38.7 Å². The number of likely N-dealkylation sites (tertiary alicyclic amines) is 1. The van der Waals surface area contributed by atoms with E-state index in [1.54, 1.807) is 30.4 Å². The molecule has 0 N–H and O–H groups in total. The fourth-order valence-corrected chi connectivity index (χ4v) is 4.68. The summed E-state index contributed by atoms with van der Waals surface area (Å²) in [7, 11) is 3.69. The summed E-state index contributed by atoms with van der Waals surface area (Å²) < 4.78 is 16.5. The average molecular weight is 514 g/mol. The normalized spacial score (nSPS) is 14.4. The second kappa shape index (κ2) is 13.1. The number of hydrogen-bond acceptors (Lipinski definition) is 6. The Bertz CT molecular complexity index is 1270. The summed E-state index contributed by atoms with van der Waals surface area (Å²) in [5, 5.41) is 0. The Kier molecular flexibility index (Phi) is 9.33. The SMILES string of the molecule is COc1ccc(/C=C/C(=O)Cc2ccccc2COc2ccc(C3CCN(C)CC3)cc2)cc1OC(C)=O. The van der Waals surface area contributed by atoms with E-state index in [9.17, 15) is 9.59 Å². The van der Waals surface area contributed by atoms with Crippen LogP contribution < -0.4 is 14.2 Å². The number of rotatable bonds is 10. The summed E-state index contributed by atoms with van der Waals surface area (Å²) in [6.07, 6.45) is 5.90. The summed E-state index contributed by atoms with van der Waals surface area (Å²) in [5.41, 5.74) is 4.02. The third-order valence-electron chi connectivity index (χ3n) is 6.85. The summed E-state index contributed by atoms with van der Waals surface area (Å²) >= 11 is 0. The maximum atomic E-state index is 12.8. The highest BCUT2D eigenvalue weighted by Crippen LogP contribution is 2.30. The van der Waals surface area contributed by atoms with Gasteiger partial charge in [-0.3, -0.25) is 9.59 Å². The van der Waals surface area contributed by atoms with Gasteiger partial charge in [0.1, 0.15) is 12.4 Å². The molecule has 3 aromatic rings. The van der Waals surface area contributed by atoms with Crippen LogP contribution in [0.3, 0.4) is 0 Å². The van der Waals surface area contributed by atoms with E-state index in [2.05, 4.69) is 24.1 Å². The van der Waals surface area contributed by atoms with Crippen molar-refractivity contribution in [3.8, 4) is 17.2 Å². The number of carbonyl (C=O) groups is 2. The van der Waals surface area contributed by atoms with E-state index < -0.39 is 5.97 Å². The largest absolute Gasteiger partial charge is 0.493 e. The van der Waals surface area contributed by atoms with Gasteiger partial charge in [-0.15, -0.1) is 0 Å². The maximum absolute atomic E-state index is 12.8. The zero-order valence-corrected chi connectivity index (χ0v) is 22.3. The topological polar surface area (TPSA) is 65.1 Å². The molecule has 0 unspecified atom stereocenters. The molecule has 1 fully saturated rings. The second-order valence-electron chi connectivity index (χ2n) is 9.68. The van der Waals surface area contributed by atoms with Crippen LogP contribution in [0, 0.1) is 0 Å². The van der Waals surface area contributed by atoms with Crippen LogP contribution in [-0.2, 0) is 22.6 Å². The van der Waals surface area contributed by atoms with Crippen molar-refractivity contribution < 1.29 is 23.8 Å². The first kappa shape index (κ1) is 27.1. The first-order valence-electron chi connectivity index (χ1n) is 13.0. The van der Waals surface area contributed by atoms with Gasteiger partial charge in [0.25, 0.3) is 0 Å². The fourth-order valence-electron chi connectivity index (χ4n) is 4.68. The lowest BCUT2D eigenvalue weighted by Crippen LogP contribution is -2.29. The third-order valence-corrected chi connectivity index (χ3v) is 6.85. The van der Waals surface area contributed by atoms with Crippen molar-refractivity contribution in [3.05, 3.63) is 95.1 Å². The van der Waals surface area contributed by atoms with Crippen LogP contribution in [0.1, 0.15) is 47.9 Å². The van der Waals surface area contributed by atoms with E-state index in [1.807, 2.05) is 36.4 Å². The van der Waals surface area contributed by atoms with Gasteiger partial charge in [0.15, 0.2) is 17.3 Å². The molecular weight excluding hydrogens is 478 g/mol. The molecule has 3 aromatic carbocycles. The Morgan fingerprint density at radius 2 is 1.66 bits per heavy atom. The Labute approximate surface area is 224 Å². The molecule has 38 heavy (non-hydrogen) atoms. The molecule has 0 bridgehead atoms. The molecule has 6 heteroatoms. The summed E-state index contributed by atoms with van der Waals surface area (Å²) in [4.78, 5) is 26.5. The second-order valence-corrected chi connectivity index (χ2v) is 9.68. The van der Waals surface area contributed by atoms with Crippen molar-refractivity contribution in [1.29, 1.82) is 0 Å². The zero-order chi connectivity index (χ0) is 26.9. The molecule has 0 radical (unpaired) electrons. The number of piperidine rings is 1. The monoisotopic (exact) mass is 513 g/mol. The average Bonchev–Trinajstić information content (AvgIpc) is 2.92. The minimum absolute atomic E-state index is 0.0372. The third kappa shape index (κ3) is 7.56. The number of ketones is 1. The number of allylic oxidation sites excluding steroid dienone is 1. The van der Waals surface area contributed by atoms with E-state index in [-0.39, 0.29) is 12.2 Å². The van der Waals surface area contributed by atoms with Crippen LogP contribution >= 0.6 is 0 Å². The Morgan fingerprint density at radius 1 is 0.947 bits per heavy atom. The van der Waals surface area contributed by atoms with Gasteiger partial charge >= 0.3 is 5.97 Å². The van der Waals surface area contributed by atoms with Crippen LogP contribution in [0.4, 0.5) is 0 Å². The maximum Gasteiger partial charge on any atom is 0.308 e. The molecule has 0 aliphatic carbocycles. The molecular formula is C32H35NO5. The zero-order valence-electron chi connectivity index (χ0n) is 22.3. The predicted molar refractivity (Wildman–Crippen MR) is 149 cm³/mol. The first-order chi connectivity index (χ1) is 18.4. The molecule has 0 saturated carbocycles.